The largest absolute Gasteiger partial charge is 0.488 e. The Hall–Kier alpha value is -2.12. The van der Waals surface area contributed by atoms with Gasteiger partial charge in [0.05, 0.1) is 12.5 Å². The predicted octanol–water partition coefficient (Wildman–Crippen LogP) is 3.00. The second-order valence-electron chi connectivity index (χ2n) is 6.75. The highest BCUT2D eigenvalue weighted by Gasteiger charge is 2.48. The van der Waals surface area contributed by atoms with E-state index in [0.717, 1.165) is 33.1 Å². The van der Waals surface area contributed by atoms with Gasteiger partial charge in [-0.05, 0) is 38.1 Å². The van der Waals surface area contributed by atoms with E-state index in [2.05, 4.69) is 4.90 Å². The van der Waals surface area contributed by atoms with Gasteiger partial charge in [0.2, 0.25) is 5.91 Å². The molecule has 1 amide bonds. The molecule has 0 radical (unpaired) electrons. The average molecular weight is 374 g/mol. The fraction of sp³-hybridized carbons (Fsp3) is 0.421. The summed E-state index contributed by atoms with van der Waals surface area (Å²) in [5.74, 6) is 2.05. The number of thioether (sulfide) groups is 1. The zero-order chi connectivity index (χ0) is 18.3. The van der Waals surface area contributed by atoms with E-state index in [0.29, 0.717) is 32.1 Å². The van der Waals surface area contributed by atoms with Gasteiger partial charge in [0.15, 0.2) is 0 Å². The third kappa shape index (κ3) is 2.85. The van der Waals surface area contributed by atoms with Gasteiger partial charge >= 0.3 is 0 Å². The van der Waals surface area contributed by atoms with Crippen molar-refractivity contribution in [3.63, 3.8) is 0 Å². The number of allylic oxidation sites excluding steroid dienone is 1. The number of carbonyl (C=O) groups is 1. The van der Waals surface area contributed by atoms with Crippen LogP contribution in [0.25, 0.3) is 11.0 Å². The van der Waals surface area contributed by atoms with Crippen LogP contribution in [0.15, 0.2) is 39.3 Å². The minimum atomic E-state index is -0.730. The molecule has 1 atom stereocenters. The lowest BCUT2D eigenvalue weighted by Gasteiger charge is -2.36. The number of primary amides is 1. The summed E-state index contributed by atoms with van der Waals surface area (Å²) in [7, 11) is 0. The van der Waals surface area contributed by atoms with Crippen LogP contribution >= 0.6 is 11.8 Å². The van der Waals surface area contributed by atoms with Crippen LogP contribution in [0.5, 0.6) is 5.75 Å². The average Bonchev–Trinajstić information content (AvgIpc) is 3.30. The van der Waals surface area contributed by atoms with Gasteiger partial charge in [0, 0.05) is 29.0 Å². The first kappa shape index (κ1) is 17.3. The van der Waals surface area contributed by atoms with Gasteiger partial charge < -0.3 is 24.5 Å². The smallest absolute Gasteiger partial charge is 0.245 e. The summed E-state index contributed by atoms with van der Waals surface area (Å²) in [4.78, 5) is 15.3. The van der Waals surface area contributed by atoms with Gasteiger partial charge in [0.1, 0.15) is 29.2 Å². The summed E-state index contributed by atoms with van der Waals surface area (Å²) in [5.41, 5.74) is 6.88. The zero-order valence-electron chi connectivity index (χ0n) is 14.9. The van der Waals surface area contributed by atoms with E-state index in [1.54, 1.807) is 11.8 Å². The third-order valence-electron chi connectivity index (χ3n) is 5.13. The number of fused-ring (bicyclic) bond motifs is 1. The van der Waals surface area contributed by atoms with Crippen LogP contribution in [-0.4, -0.2) is 42.0 Å². The molecule has 2 aromatic rings. The first-order chi connectivity index (χ1) is 12.5. The molecule has 0 saturated carbocycles. The molecule has 7 heteroatoms. The highest BCUT2D eigenvalue weighted by molar-refractivity contribution is 8.03. The second-order valence-corrected chi connectivity index (χ2v) is 7.79. The first-order valence-electron chi connectivity index (χ1n) is 8.60. The lowest BCUT2D eigenvalue weighted by atomic mass is 9.95. The molecule has 1 saturated heterocycles. The van der Waals surface area contributed by atoms with Gasteiger partial charge in [-0.15, -0.1) is 11.8 Å². The molecule has 0 aliphatic carbocycles. The van der Waals surface area contributed by atoms with Crippen molar-refractivity contribution in [2.75, 3.05) is 25.7 Å². The fourth-order valence-electron chi connectivity index (χ4n) is 3.57. The maximum absolute atomic E-state index is 12.1. The highest BCUT2D eigenvalue weighted by Crippen LogP contribution is 2.40. The van der Waals surface area contributed by atoms with E-state index in [1.165, 1.54) is 0 Å². The van der Waals surface area contributed by atoms with Gasteiger partial charge in [-0.25, -0.2) is 0 Å². The lowest BCUT2D eigenvalue weighted by Crippen LogP contribution is -2.56. The van der Waals surface area contributed by atoms with Crippen LogP contribution in [0.2, 0.25) is 0 Å². The molecule has 138 valence electrons. The van der Waals surface area contributed by atoms with E-state index < -0.39 is 5.54 Å². The molecule has 26 heavy (non-hydrogen) atoms. The predicted molar refractivity (Wildman–Crippen MR) is 101 cm³/mol. The van der Waals surface area contributed by atoms with Crippen LogP contribution in [0.4, 0.5) is 0 Å². The van der Waals surface area contributed by atoms with Crippen LogP contribution in [0.1, 0.15) is 19.1 Å². The minimum absolute atomic E-state index is 0.321. The fourth-order valence-corrected chi connectivity index (χ4v) is 4.76. The Labute approximate surface area is 156 Å². The number of furan rings is 1. The second kappa shape index (κ2) is 6.55. The van der Waals surface area contributed by atoms with Crippen molar-refractivity contribution < 1.29 is 18.7 Å². The van der Waals surface area contributed by atoms with E-state index in [-0.39, 0.29) is 5.91 Å². The molecule has 1 aromatic carbocycles. The first-order valence-corrected chi connectivity index (χ1v) is 9.59. The molecule has 1 aromatic heterocycles. The monoisotopic (exact) mass is 374 g/mol. The summed E-state index contributed by atoms with van der Waals surface area (Å²) in [6.45, 7) is 5.33. The Balaban J connectivity index is 1.50. The summed E-state index contributed by atoms with van der Waals surface area (Å²) in [6, 6.07) is 7.81. The number of aryl methyl sites for hydroxylation is 1. The van der Waals surface area contributed by atoms with Gasteiger partial charge in [0.25, 0.3) is 0 Å². The number of hydrogen-bond donors (Lipinski definition) is 1. The summed E-state index contributed by atoms with van der Waals surface area (Å²) in [5, 5.41) is 1.03. The summed E-state index contributed by atoms with van der Waals surface area (Å²) < 4.78 is 17.1. The van der Waals surface area contributed by atoms with Gasteiger partial charge in [-0.3, -0.25) is 4.79 Å². The Bertz CT molecular complexity index is 883. The maximum atomic E-state index is 12.1. The number of hydrogen-bond acceptors (Lipinski definition) is 6. The van der Waals surface area contributed by atoms with Crippen LogP contribution in [-0.2, 0) is 9.53 Å². The molecule has 2 N–H and O–H groups in total. The Morgan fingerprint density at radius 3 is 2.96 bits per heavy atom. The van der Waals surface area contributed by atoms with Gasteiger partial charge in [-0.2, -0.15) is 0 Å². The molecule has 2 aliphatic rings. The SMILES string of the molecule is CC1=C(COc2ccc3oc(C)cc3c2)SCN1C1(C(N)=O)CCOC1. The van der Waals surface area contributed by atoms with Crippen molar-refractivity contribution in [1.29, 1.82) is 0 Å². The Kier molecular flexibility index (Phi) is 4.36. The van der Waals surface area contributed by atoms with Crippen molar-refractivity contribution in [2.45, 2.75) is 25.8 Å². The number of nitrogens with zero attached hydrogens (tertiary/aromatic N) is 1. The molecular weight excluding hydrogens is 352 g/mol. The highest BCUT2D eigenvalue weighted by atomic mass is 32.2. The van der Waals surface area contributed by atoms with E-state index in [4.69, 9.17) is 19.6 Å². The van der Waals surface area contributed by atoms with E-state index in [9.17, 15) is 4.79 Å². The normalized spacial score (nSPS) is 23.2. The molecule has 1 unspecified atom stereocenters. The molecule has 3 heterocycles. The summed E-state index contributed by atoms with van der Waals surface area (Å²) in [6.07, 6.45) is 0.630. The minimum Gasteiger partial charge on any atom is -0.488 e. The number of benzene rings is 1. The van der Waals surface area contributed by atoms with Gasteiger partial charge in [-0.1, -0.05) is 0 Å². The van der Waals surface area contributed by atoms with Crippen LogP contribution < -0.4 is 10.5 Å². The number of amides is 1. The van der Waals surface area contributed by atoms with E-state index in [1.807, 2.05) is 38.1 Å². The van der Waals surface area contributed by atoms with Crippen LogP contribution in [0.3, 0.4) is 0 Å². The van der Waals surface area contributed by atoms with Crippen molar-refractivity contribution in [1.82, 2.24) is 4.90 Å². The number of rotatable bonds is 5. The van der Waals surface area contributed by atoms with Crippen molar-refractivity contribution in [3.05, 3.63) is 40.6 Å². The quantitative estimate of drug-likeness (QED) is 0.867. The number of ether oxygens (including phenoxy) is 2. The van der Waals surface area contributed by atoms with Crippen LogP contribution in [0, 0.1) is 6.92 Å². The summed E-state index contributed by atoms with van der Waals surface area (Å²) >= 11 is 1.69. The molecule has 0 bridgehead atoms. The van der Waals surface area contributed by atoms with E-state index >= 15 is 0 Å². The zero-order valence-corrected chi connectivity index (χ0v) is 15.7. The standard InChI is InChI=1S/C19H22N2O4S/c1-12-7-14-8-15(3-4-16(14)25-12)24-9-17-13(2)21(11-26-17)19(18(20)22)5-6-23-10-19/h3-4,7-8H,5-6,9-11H2,1-2H3,(H2,20,22). The van der Waals surface area contributed by atoms with Crippen molar-refractivity contribution in [2.24, 2.45) is 5.73 Å². The molecule has 1 fully saturated rings. The molecule has 0 spiro atoms. The lowest BCUT2D eigenvalue weighted by molar-refractivity contribution is -0.128. The van der Waals surface area contributed by atoms with Crippen molar-refractivity contribution >= 4 is 28.6 Å². The topological polar surface area (TPSA) is 77.9 Å². The molecule has 6 nitrogen and oxygen atoms in total. The molecule has 4 rings (SSSR count). The third-order valence-corrected chi connectivity index (χ3v) is 6.28. The number of nitrogens with two attached hydrogens (primary N) is 1. The maximum Gasteiger partial charge on any atom is 0.245 e. The Morgan fingerprint density at radius 2 is 2.23 bits per heavy atom. The number of carbonyl (C=O) groups excluding carboxylic acids is 1. The Morgan fingerprint density at radius 1 is 1.38 bits per heavy atom. The molecular formula is C19H22N2O4S. The molecule has 2 aliphatic heterocycles. The van der Waals surface area contributed by atoms with Crippen molar-refractivity contribution in [3.8, 4) is 5.75 Å².